The summed E-state index contributed by atoms with van der Waals surface area (Å²) in [5.41, 5.74) is 1.05. The first-order valence-electron chi connectivity index (χ1n) is 8.39. The van der Waals surface area contributed by atoms with E-state index in [1.54, 1.807) is 13.3 Å². The molecule has 1 aromatic carbocycles. The van der Waals surface area contributed by atoms with Crippen LogP contribution in [0.1, 0.15) is 12.5 Å². The summed E-state index contributed by atoms with van der Waals surface area (Å²) < 4.78 is 10.9. The van der Waals surface area contributed by atoms with Gasteiger partial charge in [-0.1, -0.05) is 18.2 Å². The standard InChI is InChI=1S/C19H26N4O2.HI/c1-4-20-19(22-15-16-10-11-21-18(14-16)24-3)23(2)12-13-25-17-8-6-5-7-9-17;/h5-11,14H,4,12-13,15H2,1-3H3,(H,20,22);1H. The van der Waals surface area contributed by atoms with Gasteiger partial charge < -0.3 is 19.7 Å². The molecule has 0 saturated heterocycles. The van der Waals surface area contributed by atoms with Gasteiger partial charge in [0.05, 0.1) is 20.2 Å². The predicted molar refractivity (Wildman–Crippen MR) is 116 cm³/mol. The van der Waals surface area contributed by atoms with Crippen LogP contribution >= 0.6 is 24.0 Å². The van der Waals surface area contributed by atoms with E-state index in [4.69, 9.17) is 9.47 Å². The molecular weight excluding hydrogens is 443 g/mol. The number of ether oxygens (including phenoxy) is 2. The molecule has 0 fully saturated rings. The summed E-state index contributed by atoms with van der Waals surface area (Å²) in [5.74, 6) is 2.32. The molecule has 0 spiro atoms. The first-order valence-corrected chi connectivity index (χ1v) is 8.39. The maximum atomic E-state index is 5.75. The maximum Gasteiger partial charge on any atom is 0.213 e. The molecule has 7 heteroatoms. The lowest BCUT2D eigenvalue weighted by molar-refractivity contribution is 0.281. The average molecular weight is 470 g/mol. The number of guanidine groups is 1. The molecule has 0 unspecified atom stereocenters. The van der Waals surface area contributed by atoms with Gasteiger partial charge in [0.1, 0.15) is 12.4 Å². The Labute approximate surface area is 172 Å². The summed E-state index contributed by atoms with van der Waals surface area (Å²) in [6.45, 7) is 4.75. The fourth-order valence-corrected chi connectivity index (χ4v) is 2.22. The molecule has 0 saturated carbocycles. The second-order valence-electron chi connectivity index (χ2n) is 5.46. The van der Waals surface area contributed by atoms with Crippen molar-refractivity contribution in [2.24, 2.45) is 4.99 Å². The molecule has 0 aliphatic carbocycles. The van der Waals surface area contributed by atoms with Gasteiger partial charge in [0, 0.05) is 25.9 Å². The molecule has 142 valence electrons. The second-order valence-corrected chi connectivity index (χ2v) is 5.46. The van der Waals surface area contributed by atoms with Crippen LogP contribution in [0.5, 0.6) is 11.6 Å². The number of para-hydroxylation sites is 1. The summed E-state index contributed by atoms with van der Waals surface area (Å²) in [6, 6.07) is 13.6. The van der Waals surface area contributed by atoms with E-state index >= 15 is 0 Å². The van der Waals surface area contributed by atoms with Crippen molar-refractivity contribution in [1.29, 1.82) is 0 Å². The molecule has 0 aliphatic rings. The monoisotopic (exact) mass is 470 g/mol. The lowest BCUT2D eigenvalue weighted by Crippen LogP contribution is -2.40. The van der Waals surface area contributed by atoms with Gasteiger partial charge in [-0.25, -0.2) is 9.98 Å². The van der Waals surface area contributed by atoms with Crippen molar-refractivity contribution in [1.82, 2.24) is 15.2 Å². The Kier molecular flexibility index (Phi) is 10.5. The number of nitrogens with one attached hydrogen (secondary N) is 1. The SMILES string of the molecule is CCNC(=NCc1ccnc(OC)c1)N(C)CCOc1ccccc1.I. The van der Waals surface area contributed by atoms with Gasteiger partial charge in [0.2, 0.25) is 5.88 Å². The number of pyridine rings is 1. The summed E-state index contributed by atoms with van der Waals surface area (Å²) in [5, 5.41) is 3.30. The molecule has 1 aromatic heterocycles. The van der Waals surface area contributed by atoms with Crippen LogP contribution in [-0.2, 0) is 6.54 Å². The summed E-state index contributed by atoms with van der Waals surface area (Å²) >= 11 is 0. The van der Waals surface area contributed by atoms with Gasteiger partial charge in [0.25, 0.3) is 0 Å². The number of halogens is 1. The van der Waals surface area contributed by atoms with Crippen molar-refractivity contribution in [3.63, 3.8) is 0 Å². The van der Waals surface area contributed by atoms with Gasteiger partial charge in [-0.05, 0) is 30.7 Å². The summed E-state index contributed by atoms with van der Waals surface area (Å²) in [4.78, 5) is 10.9. The Hall–Kier alpha value is -2.03. The average Bonchev–Trinajstić information content (AvgIpc) is 2.66. The molecule has 2 aromatic rings. The van der Waals surface area contributed by atoms with Crippen LogP contribution in [0.2, 0.25) is 0 Å². The Morgan fingerprint density at radius 3 is 2.69 bits per heavy atom. The summed E-state index contributed by atoms with van der Waals surface area (Å²) in [7, 11) is 3.61. The molecule has 2 rings (SSSR count). The summed E-state index contributed by atoms with van der Waals surface area (Å²) in [6.07, 6.45) is 1.73. The Balaban J connectivity index is 0.00000338. The highest BCUT2D eigenvalue weighted by Gasteiger charge is 2.06. The van der Waals surface area contributed by atoms with Crippen molar-refractivity contribution in [3.8, 4) is 11.6 Å². The second kappa shape index (κ2) is 12.3. The molecule has 1 heterocycles. The van der Waals surface area contributed by atoms with Crippen LogP contribution in [0, 0.1) is 0 Å². The highest BCUT2D eigenvalue weighted by Crippen LogP contribution is 2.10. The van der Waals surface area contributed by atoms with E-state index in [1.165, 1.54) is 0 Å². The number of hydrogen-bond acceptors (Lipinski definition) is 4. The van der Waals surface area contributed by atoms with E-state index in [2.05, 4.69) is 27.1 Å². The van der Waals surface area contributed by atoms with E-state index in [-0.39, 0.29) is 24.0 Å². The molecule has 1 N–H and O–H groups in total. The van der Waals surface area contributed by atoms with Gasteiger partial charge in [-0.3, -0.25) is 0 Å². The fraction of sp³-hybridized carbons (Fsp3) is 0.368. The van der Waals surface area contributed by atoms with Gasteiger partial charge in [-0.15, -0.1) is 24.0 Å². The minimum Gasteiger partial charge on any atom is -0.492 e. The lowest BCUT2D eigenvalue weighted by Gasteiger charge is -2.22. The van der Waals surface area contributed by atoms with Gasteiger partial charge in [-0.2, -0.15) is 0 Å². The number of likely N-dealkylation sites (N-methyl/N-ethyl adjacent to an activating group) is 1. The van der Waals surface area contributed by atoms with Crippen LogP contribution in [0.25, 0.3) is 0 Å². The van der Waals surface area contributed by atoms with Gasteiger partial charge in [0.15, 0.2) is 5.96 Å². The zero-order chi connectivity index (χ0) is 17.9. The normalized spacial score (nSPS) is 10.7. The minimum atomic E-state index is 0. The maximum absolute atomic E-state index is 5.75. The minimum absolute atomic E-state index is 0. The van der Waals surface area contributed by atoms with Crippen LogP contribution in [0.3, 0.4) is 0 Å². The van der Waals surface area contributed by atoms with Crippen LogP contribution < -0.4 is 14.8 Å². The molecule has 0 bridgehead atoms. The van der Waals surface area contributed by atoms with Crippen LogP contribution in [0.15, 0.2) is 53.7 Å². The molecule has 0 amide bonds. The number of aromatic nitrogens is 1. The van der Waals surface area contributed by atoms with Crippen molar-refractivity contribution in [2.45, 2.75) is 13.5 Å². The van der Waals surface area contributed by atoms with Crippen LogP contribution in [0.4, 0.5) is 0 Å². The number of methoxy groups -OCH3 is 1. The molecule has 0 aliphatic heterocycles. The van der Waals surface area contributed by atoms with Crippen molar-refractivity contribution in [3.05, 3.63) is 54.2 Å². The fourth-order valence-electron chi connectivity index (χ4n) is 2.22. The zero-order valence-electron chi connectivity index (χ0n) is 15.5. The number of rotatable bonds is 8. The molecule has 6 nitrogen and oxygen atoms in total. The third kappa shape index (κ3) is 7.47. The topological polar surface area (TPSA) is 59.0 Å². The highest BCUT2D eigenvalue weighted by molar-refractivity contribution is 14.0. The smallest absolute Gasteiger partial charge is 0.213 e. The lowest BCUT2D eigenvalue weighted by atomic mass is 10.3. The van der Waals surface area contributed by atoms with E-state index in [0.29, 0.717) is 19.0 Å². The van der Waals surface area contributed by atoms with Gasteiger partial charge >= 0.3 is 0 Å². The van der Waals surface area contributed by atoms with Crippen molar-refractivity contribution >= 4 is 29.9 Å². The van der Waals surface area contributed by atoms with Crippen molar-refractivity contribution < 1.29 is 9.47 Å². The number of hydrogen-bond donors (Lipinski definition) is 1. The molecular formula is C19H27IN4O2. The van der Waals surface area contributed by atoms with E-state index in [1.807, 2.05) is 49.5 Å². The first-order chi connectivity index (χ1) is 12.2. The molecule has 26 heavy (non-hydrogen) atoms. The van der Waals surface area contributed by atoms with Crippen LogP contribution in [-0.4, -0.2) is 49.7 Å². The predicted octanol–water partition coefficient (Wildman–Crippen LogP) is 3.18. The number of nitrogens with zero attached hydrogens (tertiary/aromatic N) is 3. The third-order valence-electron chi connectivity index (χ3n) is 3.55. The Morgan fingerprint density at radius 1 is 1.23 bits per heavy atom. The quantitative estimate of drug-likeness (QED) is 0.365. The number of benzene rings is 1. The highest BCUT2D eigenvalue weighted by atomic mass is 127. The number of aliphatic imine (C=N–C) groups is 1. The zero-order valence-corrected chi connectivity index (χ0v) is 17.8. The molecule has 0 atom stereocenters. The largest absolute Gasteiger partial charge is 0.492 e. The molecule has 0 radical (unpaired) electrons. The van der Waals surface area contributed by atoms with Crippen molar-refractivity contribution in [2.75, 3.05) is 33.9 Å². The third-order valence-corrected chi connectivity index (χ3v) is 3.55. The Bertz CT molecular complexity index is 668. The van der Waals surface area contributed by atoms with E-state index < -0.39 is 0 Å². The Morgan fingerprint density at radius 2 is 2.00 bits per heavy atom. The van der Waals surface area contributed by atoms with E-state index in [9.17, 15) is 0 Å². The first kappa shape index (κ1) is 22.0. The van der Waals surface area contributed by atoms with E-state index in [0.717, 1.165) is 30.4 Å².